The van der Waals surface area contributed by atoms with E-state index >= 15 is 0 Å². The van der Waals surface area contributed by atoms with Crippen LogP contribution in [0.2, 0.25) is 0 Å². The molecule has 0 fully saturated rings. The molecule has 0 saturated carbocycles. The second-order valence-corrected chi connectivity index (χ2v) is 4.44. The molecule has 1 N–H and O–H groups in total. The quantitative estimate of drug-likeness (QED) is 0.472. The maximum Gasteiger partial charge on any atom is 0.0852 e. The van der Waals surface area contributed by atoms with Crippen LogP contribution in [-0.2, 0) is 4.74 Å². The number of rotatable bonds is 9. The van der Waals surface area contributed by atoms with E-state index in [0.717, 1.165) is 25.7 Å². The van der Waals surface area contributed by atoms with Crippen LogP contribution in [0.25, 0.3) is 0 Å². The molecule has 2 unspecified atom stereocenters. The summed E-state index contributed by atoms with van der Waals surface area (Å²) < 4.78 is 5.29. The first kappa shape index (κ1) is 14.7. The van der Waals surface area contributed by atoms with Crippen LogP contribution in [0.15, 0.2) is 12.7 Å². The molecule has 2 atom stereocenters. The van der Waals surface area contributed by atoms with Crippen molar-refractivity contribution in [1.29, 1.82) is 0 Å². The fraction of sp³-hybridized carbons (Fsp3) is 0.846. The number of hydrogen-bond acceptors (Lipinski definition) is 2. The summed E-state index contributed by atoms with van der Waals surface area (Å²) >= 11 is 0. The minimum Gasteiger partial charge on any atom is -0.390 e. The van der Waals surface area contributed by atoms with Crippen molar-refractivity contribution in [3.8, 4) is 0 Å². The molecule has 0 aliphatic rings. The normalized spacial score (nSPS) is 15.3. The van der Waals surface area contributed by atoms with Crippen molar-refractivity contribution in [2.24, 2.45) is 5.92 Å². The molecular formula is C13H26O2. The number of aliphatic hydroxyl groups excluding tert-OH is 1. The highest BCUT2D eigenvalue weighted by atomic mass is 16.5. The van der Waals surface area contributed by atoms with E-state index in [4.69, 9.17) is 4.74 Å². The van der Waals surface area contributed by atoms with Gasteiger partial charge in [-0.05, 0) is 25.2 Å². The van der Waals surface area contributed by atoms with E-state index in [-0.39, 0.29) is 12.2 Å². The van der Waals surface area contributed by atoms with Gasteiger partial charge < -0.3 is 9.84 Å². The molecule has 0 amide bonds. The second-order valence-electron chi connectivity index (χ2n) is 4.44. The molecule has 0 aliphatic heterocycles. The standard InChI is InChI=1S/C13H26O2/c1-5-6-7-8-9-10-12(14)13(15-4)11(2)3/h5,11-14H,1,6-10H2,2-4H3. The molecule has 0 aromatic carbocycles. The average molecular weight is 214 g/mol. The van der Waals surface area contributed by atoms with E-state index < -0.39 is 0 Å². The van der Waals surface area contributed by atoms with Gasteiger partial charge in [-0.3, -0.25) is 0 Å². The van der Waals surface area contributed by atoms with Gasteiger partial charge in [-0.2, -0.15) is 0 Å². The van der Waals surface area contributed by atoms with Crippen LogP contribution in [-0.4, -0.2) is 24.4 Å². The van der Waals surface area contributed by atoms with Crippen molar-refractivity contribution in [3.05, 3.63) is 12.7 Å². The first-order valence-corrected chi connectivity index (χ1v) is 5.95. The zero-order valence-electron chi connectivity index (χ0n) is 10.4. The Balaban J connectivity index is 3.61. The molecule has 2 heteroatoms. The Hall–Kier alpha value is -0.340. The van der Waals surface area contributed by atoms with Crippen molar-refractivity contribution in [2.75, 3.05) is 7.11 Å². The Kier molecular flexibility index (Phi) is 8.73. The highest BCUT2D eigenvalue weighted by molar-refractivity contribution is 4.72. The first-order valence-electron chi connectivity index (χ1n) is 5.95. The molecule has 0 aromatic heterocycles. The minimum atomic E-state index is -0.321. The van der Waals surface area contributed by atoms with Gasteiger partial charge in [0.25, 0.3) is 0 Å². The fourth-order valence-electron chi connectivity index (χ4n) is 1.86. The molecule has 0 radical (unpaired) electrons. The number of methoxy groups -OCH3 is 1. The molecule has 0 spiro atoms. The molecule has 0 bridgehead atoms. The Morgan fingerprint density at radius 1 is 1.27 bits per heavy atom. The fourth-order valence-corrected chi connectivity index (χ4v) is 1.86. The van der Waals surface area contributed by atoms with Gasteiger partial charge in [0.05, 0.1) is 12.2 Å². The summed E-state index contributed by atoms with van der Waals surface area (Å²) in [5, 5.41) is 9.89. The van der Waals surface area contributed by atoms with E-state index in [2.05, 4.69) is 20.4 Å². The molecule has 0 heterocycles. The molecule has 2 nitrogen and oxygen atoms in total. The van der Waals surface area contributed by atoms with Crippen LogP contribution in [0.5, 0.6) is 0 Å². The first-order chi connectivity index (χ1) is 7.13. The topological polar surface area (TPSA) is 29.5 Å². The Morgan fingerprint density at radius 2 is 1.93 bits per heavy atom. The van der Waals surface area contributed by atoms with Crippen molar-refractivity contribution in [3.63, 3.8) is 0 Å². The van der Waals surface area contributed by atoms with Crippen LogP contribution in [0, 0.1) is 5.92 Å². The Bertz CT molecular complexity index is 155. The third-order valence-electron chi connectivity index (χ3n) is 2.72. The summed E-state index contributed by atoms with van der Waals surface area (Å²) in [5.41, 5.74) is 0. The molecule has 0 rings (SSSR count). The number of hydrogen-bond donors (Lipinski definition) is 1. The molecule has 0 aliphatic carbocycles. The number of aliphatic hydroxyl groups is 1. The van der Waals surface area contributed by atoms with Gasteiger partial charge in [-0.1, -0.05) is 32.8 Å². The van der Waals surface area contributed by atoms with Crippen molar-refractivity contribution >= 4 is 0 Å². The van der Waals surface area contributed by atoms with Gasteiger partial charge in [0.2, 0.25) is 0 Å². The predicted octanol–water partition coefficient (Wildman–Crippen LogP) is 3.15. The summed E-state index contributed by atoms with van der Waals surface area (Å²) in [5.74, 6) is 0.373. The van der Waals surface area contributed by atoms with Crippen LogP contribution in [0.4, 0.5) is 0 Å². The summed E-state index contributed by atoms with van der Waals surface area (Å²) in [6.07, 6.45) is 6.93. The van der Waals surface area contributed by atoms with E-state index in [1.165, 1.54) is 6.42 Å². The summed E-state index contributed by atoms with van der Waals surface area (Å²) in [6, 6.07) is 0. The summed E-state index contributed by atoms with van der Waals surface area (Å²) in [4.78, 5) is 0. The van der Waals surface area contributed by atoms with E-state index in [9.17, 15) is 5.11 Å². The molecule has 0 aromatic rings. The highest BCUT2D eigenvalue weighted by Crippen LogP contribution is 2.16. The van der Waals surface area contributed by atoms with Gasteiger partial charge in [0.15, 0.2) is 0 Å². The van der Waals surface area contributed by atoms with Crippen LogP contribution >= 0.6 is 0 Å². The lowest BCUT2D eigenvalue weighted by molar-refractivity contribution is -0.0415. The van der Waals surface area contributed by atoms with Gasteiger partial charge in [-0.25, -0.2) is 0 Å². The monoisotopic (exact) mass is 214 g/mol. The lowest BCUT2D eigenvalue weighted by Crippen LogP contribution is -2.32. The third-order valence-corrected chi connectivity index (χ3v) is 2.72. The zero-order chi connectivity index (χ0) is 11.7. The van der Waals surface area contributed by atoms with Gasteiger partial charge in [0.1, 0.15) is 0 Å². The van der Waals surface area contributed by atoms with Crippen molar-refractivity contribution in [2.45, 2.75) is 58.2 Å². The van der Waals surface area contributed by atoms with Gasteiger partial charge in [0, 0.05) is 7.11 Å². The van der Waals surface area contributed by atoms with Crippen LogP contribution in [0.3, 0.4) is 0 Å². The maximum absolute atomic E-state index is 9.89. The summed E-state index contributed by atoms with van der Waals surface area (Å²) in [7, 11) is 1.67. The minimum absolute atomic E-state index is 0.0237. The number of allylic oxidation sites excluding steroid dienone is 1. The molecule has 15 heavy (non-hydrogen) atoms. The lowest BCUT2D eigenvalue weighted by atomic mass is 9.97. The smallest absolute Gasteiger partial charge is 0.0852 e. The van der Waals surface area contributed by atoms with E-state index in [1.54, 1.807) is 7.11 Å². The number of unbranched alkanes of at least 4 members (excludes halogenated alkanes) is 3. The summed E-state index contributed by atoms with van der Waals surface area (Å²) in [6.45, 7) is 7.85. The Morgan fingerprint density at radius 3 is 2.40 bits per heavy atom. The van der Waals surface area contributed by atoms with E-state index in [1.807, 2.05) is 6.08 Å². The predicted molar refractivity (Wildman–Crippen MR) is 64.9 cm³/mol. The van der Waals surface area contributed by atoms with Crippen molar-refractivity contribution in [1.82, 2.24) is 0 Å². The molecule has 0 saturated heterocycles. The molecule has 90 valence electrons. The van der Waals surface area contributed by atoms with Crippen molar-refractivity contribution < 1.29 is 9.84 Å². The highest BCUT2D eigenvalue weighted by Gasteiger charge is 2.21. The SMILES string of the molecule is C=CCCCCCC(O)C(OC)C(C)C. The van der Waals surface area contributed by atoms with Crippen LogP contribution in [0.1, 0.15) is 46.0 Å². The number of ether oxygens (including phenoxy) is 1. The van der Waals surface area contributed by atoms with Crippen LogP contribution < -0.4 is 0 Å². The Labute approximate surface area is 94.3 Å². The second kappa shape index (κ2) is 8.93. The van der Waals surface area contributed by atoms with Gasteiger partial charge in [-0.15, -0.1) is 6.58 Å². The third kappa shape index (κ3) is 6.69. The van der Waals surface area contributed by atoms with E-state index in [0.29, 0.717) is 5.92 Å². The largest absolute Gasteiger partial charge is 0.390 e. The lowest BCUT2D eigenvalue weighted by Gasteiger charge is -2.24. The molecular weight excluding hydrogens is 188 g/mol. The van der Waals surface area contributed by atoms with Gasteiger partial charge >= 0.3 is 0 Å². The maximum atomic E-state index is 9.89. The zero-order valence-corrected chi connectivity index (χ0v) is 10.4. The average Bonchev–Trinajstić information content (AvgIpc) is 2.18.